The van der Waals surface area contributed by atoms with Gasteiger partial charge < -0.3 is 19.7 Å². The van der Waals surface area contributed by atoms with E-state index in [0.717, 1.165) is 12.0 Å². The highest BCUT2D eigenvalue weighted by Gasteiger charge is 2.52. The normalized spacial score (nSPS) is 40.2. The monoisotopic (exact) mass is 296 g/mol. The summed E-state index contributed by atoms with van der Waals surface area (Å²) in [6.45, 7) is 12.3. The maximum absolute atomic E-state index is 10.8. The van der Waals surface area contributed by atoms with Crippen LogP contribution in [0.2, 0.25) is 0 Å². The van der Waals surface area contributed by atoms with Crippen molar-refractivity contribution in [2.45, 2.75) is 58.5 Å². The fourth-order valence-corrected chi connectivity index (χ4v) is 3.63. The van der Waals surface area contributed by atoms with E-state index >= 15 is 0 Å². The summed E-state index contributed by atoms with van der Waals surface area (Å²) >= 11 is 0. The molecule has 4 nitrogen and oxygen atoms in total. The summed E-state index contributed by atoms with van der Waals surface area (Å²) in [4.78, 5) is 0. The number of rotatable bonds is 3. The van der Waals surface area contributed by atoms with Crippen molar-refractivity contribution >= 4 is 0 Å². The van der Waals surface area contributed by atoms with Gasteiger partial charge in [-0.2, -0.15) is 0 Å². The molecule has 0 aromatic heterocycles. The lowest BCUT2D eigenvalue weighted by molar-refractivity contribution is -0.209. The van der Waals surface area contributed by atoms with E-state index in [-0.39, 0.29) is 18.6 Å². The molecule has 1 fully saturated rings. The Balaban J connectivity index is 2.41. The van der Waals surface area contributed by atoms with Crippen LogP contribution < -0.4 is 0 Å². The van der Waals surface area contributed by atoms with E-state index in [9.17, 15) is 10.2 Å². The lowest BCUT2D eigenvalue weighted by atomic mass is 9.60. The second-order valence-electron chi connectivity index (χ2n) is 6.98. The van der Waals surface area contributed by atoms with Gasteiger partial charge in [0, 0.05) is 11.3 Å². The Hall–Kier alpha value is -0.680. The van der Waals surface area contributed by atoms with Crippen molar-refractivity contribution in [3.63, 3.8) is 0 Å². The van der Waals surface area contributed by atoms with Crippen LogP contribution in [-0.4, -0.2) is 41.4 Å². The first kappa shape index (κ1) is 16.7. The molecule has 1 unspecified atom stereocenters. The first-order valence-corrected chi connectivity index (χ1v) is 7.70. The van der Waals surface area contributed by atoms with Crippen LogP contribution in [0.15, 0.2) is 23.8 Å². The zero-order chi connectivity index (χ0) is 15.8. The number of ether oxygens (including phenoxy) is 2. The summed E-state index contributed by atoms with van der Waals surface area (Å²) in [7, 11) is 0. The van der Waals surface area contributed by atoms with Gasteiger partial charge in [-0.25, -0.2) is 0 Å². The molecule has 0 aromatic carbocycles. The van der Waals surface area contributed by atoms with Crippen molar-refractivity contribution in [3.8, 4) is 0 Å². The Kier molecular flexibility index (Phi) is 4.64. The minimum Gasteiger partial charge on any atom is -0.393 e. The first-order chi connectivity index (χ1) is 9.76. The van der Waals surface area contributed by atoms with Crippen LogP contribution >= 0.6 is 0 Å². The molecule has 0 bridgehead atoms. The zero-order valence-electron chi connectivity index (χ0n) is 13.6. The van der Waals surface area contributed by atoms with Gasteiger partial charge in [0.15, 0.2) is 6.29 Å². The van der Waals surface area contributed by atoms with Crippen LogP contribution in [0.5, 0.6) is 0 Å². The molecule has 1 aliphatic carbocycles. The van der Waals surface area contributed by atoms with Gasteiger partial charge >= 0.3 is 0 Å². The van der Waals surface area contributed by atoms with Gasteiger partial charge in [-0.1, -0.05) is 32.9 Å². The number of hydrogen-bond donors (Lipinski definition) is 2. The third-order valence-corrected chi connectivity index (χ3v) is 5.27. The molecule has 1 heterocycles. The van der Waals surface area contributed by atoms with Crippen LogP contribution in [0.4, 0.5) is 0 Å². The lowest BCUT2D eigenvalue weighted by Gasteiger charge is -2.51. The molecule has 0 spiro atoms. The molecule has 120 valence electrons. The third-order valence-electron chi connectivity index (χ3n) is 5.27. The molecule has 2 aliphatic rings. The van der Waals surface area contributed by atoms with Gasteiger partial charge in [-0.05, 0) is 31.4 Å². The molecule has 2 rings (SSSR count). The number of hydrogen-bond acceptors (Lipinski definition) is 4. The molecule has 1 saturated heterocycles. The summed E-state index contributed by atoms with van der Waals surface area (Å²) in [6, 6.07) is 0. The van der Waals surface area contributed by atoms with Crippen molar-refractivity contribution < 1.29 is 19.7 Å². The van der Waals surface area contributed by atoms with Crippen molar-refractivity contribution in [1.82, 2.24) is 0 Å². The van der Waals surface area contributed by atoms with E-state index in [1.807, 2.05) is 13.8 Å². The molecule has 21 heavy (non-hydrogen) atoms. The minimum atomic E-state index is -1.10. The molecule has 1 aliphatic heterocycles. The summed E-state index contributed by atoms with van der Waals surface area (Å²) in [5.74, 6) is 0.200. The highest BCUT2D eigenvalue weighted by molar-refractivity contribution is 5.32. The quantitative estimate of drug-likeness (QED) is 0.785. The first-order valence-electron chi connectivity index (χ1n) is 7.70. The van der Waals surface area contributed by atoms with E-state index in [4.69, 9.17) is 9.47 Å². The average Bonchev–Trinajstić information content (AvgIpc) is 2.45. The Labute approximate surface area is 127 Å². The standard InChI is InChI=1S/C17H28O4/c1-6-13-20-9-12(3)15(21-13)14-11(2)7-8-17(19,10-18)16(14,4)5/h6,12-13,15,18-19H,1,7-10H2,2-5H3/t12?,13-,15-,17+/m0/s1. The molecular formula is C17H28O4. The smallest absolute Gasteiger partial charge is 0.177 e. The van der Waals surface area contributed by atoms with E-state index < -0.39 is 17.3 Å². The maximum Gasteiger partial charge on any atom is 0.177 e. The average molecular weight is 296 g/mol. The van der Waals surface area contributed by atoms with Gasteiger partial charge in [0.1, 0.15) is 0 Å². The van der Waals surface area contributed by atoms with E-state index in [0.29, 0.717) is 13.0 Å². The third kappa shape index (κ3) is 2.70. The van der Waals surface area contributed by atoms with E-state index in [1.165, 1.54) is 5.57 Å². The van der Waals surface area contributed by atoms with Gasteiger partial charge in [0.2, 0.25) is 0 Å². The molecule has 0 radical (unpaired) electrons. The van der Waals surface area contributed by atoms with Crippen LogP contribution in [0.3, 0.4) is 0 Å². The lowest BCUT2D eigenvalue weighted by Crippen LogP contribution is -2.55. The molecule has 0 aromatic rings. The Bertz CT molecular complexity index is 440. The van der Waals surface area contributed by atoms with Crippen molar-refractivity contribution in [1.29, 1.82) is 0 Å². The molecule has 4 heteroatoms. The number of allylic oxidation sites excluding steroid dienone is 1. The van der Waals surface area contributed by atoms with Crippen LogP contribution in [0, 0.1) is 11.3 Å². The van der Waals surface area contributed by atoms with Gasteiger partial charge in [-0.15, -0.1) is 0 Å². The van der Waals surface area contributed by atoms with Crippen LogP contribution in [-0.2, 0) is 9.47 Å². The Morgan fingerprint density at radius 3 is 2.67 bits per heavy atom. The second kappa shape index (κ2) is 5.84. The van der Waals surface area contributed by atoms with Crippen LogP contribution in [0.1, 0.15) is 40.5 Å². The molecule has 4 atom stereocenters. The fourth-order valence-electron chi connectivity index (χ4n) is 3.63. The molecule has 0 amide bonds. The SMILES string of the molecule is C=C[C@H]1OCC(C)[C@@H](C2=C(C)CC[C@@](O)(CO)C2(C)C)O1. The van der Waals surface area contributed by atoms with Crippen molar-refractivity contribution in [3.05, 3.63) is 23.8 Å². The van der Waals surface area contributed by atoms with Crippen molar-refractivity contribution in [2.24, 2.45) is 11.3 Å². The number of aliphatic hydroxyl groups excluding tert-OH is 1. The summed E-state index contributed by atoms with van der Waals surface area (Å²) in [5, 5.41) is 20.5. The fraction of sp³-hybridized carbons (Fsp3) is 0.765. The van der Waals surface area contributed by atoms with Gasteiger partial charge in [-0.3, -0.25) is 0 Å². The Morgan fingerprint density at radius 2 is 2.10 bits per heavy atom. The highest BCUT2D eigenvalue weighted by Crippen LogP contribution is 2.50. The zero-order valence-corrected chi connectivity index (χ0v) is 13.6. The van der Waals surface area contributed by atoms with Gasteiger partial charge in [0.05, 0.1) is 24.9 Å². The summed E-state index contributed by atoms with van der Waals surface area (Å²) in [5.41, 5.74) is 0.714. The summed E-state index contributed by atoms with van der Waals surface area (Å²) in [6.07, 6.45) is 2.49. The second-order valence-corrected chi connectivity index (χ2v) is 6.98. The van der Waals surface area contributed by atoms with Crippen molar-refractivity contribution in [2.75, 3.05) is 13.2 Å². The topological polar surface area (TPSA) is 58.9 Å². The van der Waals surface area contributed by atoms with Gasteiger partial charge in [0.25, 0.3) is 0 Å². The Morgan fingerprint density at radius 1 is 1.43 bits per heavy atom. The number of aliphatic hydroxyl groups is 2. The molecule has 0 saturated carbocycles. The van der Waals surface area contributed by atoms with Crippen LogP contribution in [0.25, 0.3) is 0 Å². The molecular weight excluding hydrogens is 268 g/mol. The van der Waals surface area contributed by atoms with E-state index in [1.54, 1.807) is 6.08 Å². The predicted molar refractivity (Wildman–Crippen MR) is 81.7 cm³/mol. The maximum atomic E-state index is 10.8. The minimum absolute atomic E-state index is 0.116. The molecule has 2 N–H and O–H groups in total. The summed E-state index contributed by atoms with van der Waals surface area (Å²) < 4.78 is 11.6. The van der Waals surface area contributed by atoms with E-state index in [2.05, 4.69) is 20.4 Å². The highest BCUT2D eigenvalue weighted by atomic mass is 16.7. The largest absolute Gasteiger partial charge is 0.393 e. The predicted octanol–water partition coefficient (Wildman–Crippen LogP) is 2.41.